The van der Waals surface area contributed by atoms with Crippen LogP contribution in [0.5, 0.6) is 0 Å². The lowest BCUT2D eigenvalue weighted by Crippen LogP contribution is -2.32. The maximum atomic E-state index is 10.7. The fraction of sp³-hybridized carbons (Fsp3) is 0.571. The number of halogens is 1. The van der Waals surface area contributed by atoms with E-state index in [1.54, 1.807) is 6.07 Å². The van der Waals surface area contributed by atoms with Gasteiger partial charge in [-0.15, -0.1) is 0 Å². The summed E-state index contributed by atoms with van der Waals surface area (Å²) in [5, 5.41) is 14.7. The average Bonchev–Trinajstić information content (AvgIpc) is 2.96. The maximum absolute atomic E-state index is 10.7. The zero-order chi connectivity index (χ0) is 14.3. The van der Waals surface area contributed by atoms with E-state index in [1.165, 1.54) is 12.1 Å². The Hall–Kier alpha value is -1.17. The molecule has 0 amide bonds. The number of fused-ring (bicyclic) bond motifs is 1. The maximum Gasteiger partial charge on any atom is 0.270 e. The Bertz CT molecular complexity index is 537. The third-order valence-corrected chi connectivity index (χ3v) is 5.03. The van der Waals surface area contributed by atoms with Crippen molar-refractivity contribution in [3.63, 3.8) is 0 Å². The molecule has 2 aliphatic heterocycles. The Morgan fingerprint density at radius 1 is 1.50 bits per heavy atom. The highest BCUT2D eigenvalue weighted by Crippen LogP contribution is 2.34. The van der Waals surface area contributed by atoms with Gasteiger partial charge in [-0.2, -0.15) is 0 Å². The molecule has 1 aromatic carbocycles. The number of nitro groups is 1. The molecule has 1 N–H and O–H groups in total. The number of non-ortho nitro benzene ring substituents is 1. The van der Waals surface area contributed by atoms with Crippen LogP contribution in [0.4, 0.5) is 5.69 Å². The summed E-state index contributed by atoms with van der Waals surface area (Å²) in [6.45, 7) is 6.30. The number of nitrogens with one attached hydrogen (secondary N) is 1. The summed E-state index contributed by atoms with van der Waals surface area (Å²) >= 11 is 6.18. The van der Waals surface area contributed by atoms with Crippen molar-refractivity contribution in [1.82, 2.24) is 10.2 Å². The zero-order valence-corrected chi connectivity index (χ0v) is 12.1. The first-order chi connectivity index (χ1) is 9.56. The van der Waals surface area contributed by atoms with Gasteiger partial charge in [0, 0.05) is 31.3 Å². The lowest BCUT2D eigenvalue weighted by molar-refractivity contribution is -0.384. The molecule has 0 radical (unpaired) electrons. The van der Waals surface area contributed by atoms with E-state index in [2.05, 4.69) is 17.1 Å². The smallest absolute Gasteiger partial charge is 0.270 e. The Labute approximate surface area is 123 Å². The predicted molar refractivity (Wildman–Crippen MR) is 77.8 cm³/mol. The van der Waals surface area contributed by atoms with E-state index in [9.17, 15) is 10.1 Å². The summed E-state index contributed by atoms with van der Waals surface area (Å²) in [5.41, 5.74) is 1.02. The first kappa shape index (κ1) is 13.8. The normalized spacial score (nSPS) is 29.6. The second-order valence-electron chi connectivity index (χ2n) is 5.79. The summed E-state index contributed by atoms with van der Waals surface area (Å²) in [4.78, 5) is 12.7. The van der Waals surface area contributed by atoms with Crippen molar-refractivity contribution in [2.24, 2.45) is 11.8 Å². The molecule has 0 spiro atoms. The minimum absolute atomic E-state index is 0.0503. The molecule has 0 aromatic heterocycles. The highest BCUT2D eigenvalue weighted by atomic mass is 35.5. The molecule has 2 saturated heterocycles. The third kappa shape index (κ3) is 2.41. The number of nitro benzene ring substituents is 1. The van der Waals surface area contributed by atoms with Crippen molar-refractivity contribution in [3.05, 3.63) is 38.9 Å². The summed E-state index contributed by atoms with van der Waals surface area (Å²) in [6, 6.07) is 5.28. The molecule has 108 valence electrons. The molecule has 5 nitrogen and oxygen atoms in total. The van der Waals surface area contributed by atoms with Gasteiger partial charge in [-0.25, -0.2) is 0 Å². The fourth-order valence-corrected chi connectivity index (χ4v) is 3.70. The van der Waals surface area contributed by atoms with Crippen LogP contribution in [0.15, 0.2) is 18.2 Å². The number of likely N-dealkylation sites (tertiary alicyclic amines) is 1. The van der Waals surface area contributed by atoms with Crippen LogP contribution < -0.4 is 5.32 Å². The minimum Gasteiger partial charge on any atom is -0.316 e. The Kier molecular flexibility index (Phi) is 3.67. The lowest BCUT2D eigenvalue weighted by atomic mass is 9.95. The molecule has 2 fully saturated rings. The second-order valence-corrected chi connectivity index (χ2v) is 6.19. The molecule has 2 aliphatic rings. The molecule has 20 heavy (non-hydrogen) atoms. The highest BCUT2D eigenvalue weighted by Gasteiger charge is 2.41. The molecule has 0 aliphatic carbocycles. The van der Waals surface area contributed by atoms with Crippen molar-refractivity contribution in [2.75, 3.05) is 19.6 Å². The number of rotatable bonds is 3. The van der Waals surface area contributed by atoms with Crippen LogP contribution in [-0.4, -0.2) is 35.5 Å². The average molecular weight is 296 g/mol. The van der Waals surface area contributed by atoms with E-state index >= 15 is 0 Å². The Morgan fingerprint density at radius 3 is 2.95 bits per heavy atom. The SMILES string of the molecule is CC1C2CNCC2CN1Cc1ccc([N+](=O)[O-])cc1Cl. The van der Waals surface area contributed by atoms with E-state index in [0.717, 1.165) is 37.7 Å². The standard InChI is InChI=1S/C14H18ClN3O2/c1-9-13-6-16-5-11(13)8-17(9)7-10-2-3-12(18(19)20)4-14(10)15/h2-4,9,11,13,16H,5-8H2,1H3. The summed E-state index contributed by atoms with van der Waals surface area (Å²) in [6.07, 6.45) is 0. The monoisotopic (exact) mass is 295 g/mol. The van der Waals surface area contributed by atoms with E-state index in [0.29, 0.717) is 17.0 Å². The van der Waals surface area contributed by atoms with Gasteiger partial charge in [-0.05, 0) is 43.5 Å². The summed E-state index contributed by atoms with van der Waals surface area (Å²) in [5.74, 6) is 1.44. The number of benzene rings is 1. The molecule has 6 heteroatoms. The van der Waals surface area contributed by atoms with Gasteiger partial charge in [0.1, 0.15) is 0 Å². The van der Waals surface area contributed by atoms with Crippen LogP contribution in [0.2, 0.25) is 5.02 Å². The quantitative estimate of drug-likeness (QED) is 0.686. The fourth-order valence-electron chi connectivity index (χ4n) is 3.46. The topological polar surface area (TPSA) is 58.4 Å². The molecular formula is C14H18ClN3O2. The molecular weight excluding hydrogens is 278 g/mol. The summed E-state index contributed by atoms with van der Waals surface area (Å²) < 4.78 is 0. The van der Waals surface area contributed by atoms with Crippen molar-refractivity contribution in [1.29, 1.82) is 0 Å². The van der Waals surface area contributed by atoms with Crippen LogP contribution in [0, 0.1) is 22.0 Å². The highest BCUT2D eigenvalue weighted by molar-refractivity contribution is 6.31. The van der Waals surface area contributed by atoms with Crippen molar-refractivity contribution in [2.45, 2.75) is 19.5 Å². The van der Waals surface area contributed by atoms with Crippen molar-refractivity contribution in [3.8, 4) is 0 Å². The van der Waals surface area contributed by atoms with Crippen molar-refractivity contribution >= 4 is 17.3 Å². The van der Waals surface area contributed by atoms with Gasteiger partial charge in [0.25, 0.3) is 5.69 Å². The Balaban J connectivity index is 1.74. The van der Waals surface area contributed by atoms with Gasteiger partial charge in [0.05, 0.1) is 9.95 Å². The lowest BCUT2D eigenvalue weighted by Gasteiger charge is -2.24. The summed E-state index contributed by atoms with van der Waals surface area (Å²) in [7, 11) is 0. The molecule has 2 heterocycles. The van der Waals surface area contributed by atoms with Crippen LogP contribution in [0.3, 0.4) is 0 Å². The van der Waals surface area contributed by atoms with Crippen LogP contribution >= 0.6 is 11.6 Å². The first-order valence-electron chi connectivity index (χ1n) is 6.94. The van der Waals surface area contributed by atoms with Gasteiger partial charge >= 0.3 is 0 Å². The number of nitrogens with zero attached hydrogens (tertiary/aromatic N) is 2. The first-order valence-corrected chi connectivity index (χ1v) is 7.31. The second kappa shape index (κ2) is 5.31. The molecule has 3 rings (SSSR count). The van der Waals surface area contributed by atoms with Gasteiger partial charge in [-0.1, -0.05) is 11.6 Å². The van der Waals surface area contributed by atoms with Crippen LogP contribution in [-0.2, 0) is 6.54 Å². The largest absolute Gasteiger partial charge is 0.316 e. The number of hydrogen-bond donors (Lipinski definition) is 1. The zero-order valence-electron chi connectivity index (χ0n) is 11.4. The predicted octanol–water partition coefficient (Wildman–Crippen LogP) is 2.29. The molecule has 3 atom stereocenters. The third-order valence-electron chi connectivity index (χ3n) is 4.68. The van der Waals surface area contributed by atoms with Gasteiger partial charge < -0.3 is 5.32 Å². The van der Waals surface area contributed by atoms with Crippen LogP contribution in [0.25, 0.3) is 0 Å². The van der Waals surface area contributed by atoms with E-state index < -0.39 is 4.92 Å². The Morgan fingerprint density at radius 2 is 2.30 bits per heavy atom. The van der Waals surface area contributed by atoms with Crippen molar-refractivity contribution < 1.29 is 4.92 Å². The van der Waals surface area contributed by atoms with Gasteiger partial charge in [0.15, 0.2) is 0 Å². The molecule has 3 unspecified atom stereocenters. The van der Waals surface area contributed by atoms with E-state index in [4.69, 9.17) is 11.6 Å². The molecule has 0 bridgehead atoms. The van der Waals surface area contributed by atoms with Gasteiger partial charge in [-0.3, -0.25) is 15.0 Å². The molecule has 1 aromatic rings. The molecule has 0 saturated carbocycles. The minimum atomic E-state index is -0.412. The van der Waals surface area contributed by atoms with Crippen LogP contribution in [0.1, 0.15) is 12.5 Å². The van der Waals surface area contributed by atoms with E-state index in [1.807, 2.05) is 0 Å². The van der Waals surface area contributed by atoms with E-state index in [-0.39, 0.29) is 5.69 Å². The van der Waals surface area contributed by atoms with Gasteiger partial charge in [0.2, 0.25) is 0 Å². The number of hydrogen-bond acceptors (Lipinski definition) is 4.